The molecule has 0 aromatic heterocycles. The maximum atomic E-state index is 12.9. The van der Waals surface area contributed by atoms with Crippen molar-refractivity contribution in [2.24, 2.45) is 0 Å². The molecule has 1 aliphatic heterocycles. The second-order valence-corrected chi connectivity index (χ2v) is 4.53. The lowest BCUT2D eigenvalue weighted by molar-refractivity contribution is 0.277. The predicted molar refractivity (Wildman–Crippen MR) is 64.6 cm³/mol. The van der Waals surface area contributed by atoms with Crippen LogP contribution in [0.2, 0.25) is 0 Å². The van der Waals surface area contributed by atoms with Crippen molar-refractivity contribution >= 4 is 5.69 Å². The van der Waals surface area contributed by atoms with Gasteiger partial charge in [-0.3, -0.25) is 4.90 Å². The Morgan fingerprint density at radius 3 is 2.44 bits per heavy atom. The van der Waals surface area contributed by atoms with Crippen LogP contribution in [0.15, 0.2) is 18.2 Å². The van der Waals surface area contributed by atoms with Crippen molar-refractivity contribution in [3.05, 3.63) is 29.6 Å². The van der Waals surface area contributed by atoms with E-state index in [-0.39, 0.29) is 5.82 Å². The number of nitrogen functional groups attached to an aromatic ring is 1. The largest absolute Gasteiger partial charge is 0.398 e. The molecular weight excluding hydrogens is 203 g/mol. The Morgan fingerprint density at radius 1 is 1.12 bits per heavy atom. The van der Waals surface area contributed by atoms with E-state index in [2.05, 4.69) is 4.90 Å². The highest BCUT2D eigenvalue weighted by Gasteiger charge is 2.11. The zero-order valence-corrected chi connectivity index (χ0v) is 9.58. The van der Waals surface area contributed by atoms with Crippen molar-refractivity contribution in [1.29, 1.82) is 0 Å². The van der Waals surface area contributed by atoms with Gasteiger partial charge in [-0.1, -0.05) is 18.9 Å². The molecule has 0 bridgehead atoms. The molecule has 1 fully saturated rings. The van der Waals surface area contributed by atoms with E-state index in [1.54, 1.807) is 6.07 Å². The number of rotatable bonds is 2. The second-order valence-electron chi connectivity index (χ2n) is 4.53. The highest BCUT2D eigenvalue weighted by atomic mass is 19.1. The molecule has 0 radical (unpaired) electrons. The minimum Gasteiger partial charge on any atom is -0.398 e. The van der Waals surface area contributed by atoms with Crippen molar-refractivity contribution < 1.29 is 4.39 Å². The Balaban J connectivity index is 2.01. The molecule has 2 nitrogen and oxygen atoms in total. The molecule has 1 saturated heterocycles. The summed E-state index contributed by atoms with van der Waals surface area (Å²) in [5.74, 6) is -0.253. The van der Waals surface area contributed by atoms with Gasteiger partial charge in [0.05, 0.1) is 0 Å². The van der Waals surface area contributed by atoms with Crippen molar-refractivity contribution in [2.75, 3.05) is 18.8 Å². The van der Waals surface area contributed by atoms with E-state index in [9.17, 15) is 4.39 Å². The first-order chi connectivity index (χ1) is 7.75. The van der Waals surface area contributed by atoms with E-state index >= 15 is 0 Å². The quantitative estimate of drug-likeness (QED) is 0.780. The molecule has 16 heavy (non-hydrogen) atoms. The zero-order chi connectivity index (χ0) is 11.4. The molecule has 2 N–H and O–H groups in total. The molecule has 1 heterocycles. The first kappa shape index (κ1) is 11.4. The number of nitrogens with zero attached hydrogens (tertiary/aromatic N) is 1. The Hall–Kier alpha value is -1.09. The van der Waals surface area contributed by atoms with Gasteiger partial charge in [0.1, 0.15) is 5.82 Å². The number of nitrogens with two attached hydrogens (primary N) is 1. The van der Waals surface area contributed by atoms with Crippen molar-refractivity contribution in [2.45, 2.75) is 32.2 Å². The normalized spacial score (nSPS) is 18.3. The summed E-state index contributed by atoms with van der Waals surface area (Å²) >= 11 is 0. The van der Waals surface area contributed by atoms with Crippen LogP contribution in [0.25, 0.3) is 0 Å². The van der Waals surface area contributed by atoms with E-state index in [0.717, 1.165) is 25.2 Å². The van der Waals surface area contributed by atoms with Crippen molar-refractivity contribution in [3.63, 3.8) is 0 Å². The smallest absolute Gasteiger partial charge is 0.125 e. The lowest BCUT2D eigenvalue weighted by Crippen LogP contribution is -2.24. The van der Waals surface area contributed by atoms with Crippen LogP contribution >= 0.6 is 0 Å². The fourth-order valence-electron chi connectivity index (χ4n) is 2.24. The molecule has 1 aromatic carbocycles. The molecule has 1 aliphatic rings. The number of halogens is 1. The fourth-order valence-corrected chi connectivity index (χ4v) is 2.24. The molecule has 0 spiro atoms. The van der Waals surface area contributed by atoms with E-state index in [1.807, 2.05) is 0 Å². The summed E-state index contributed by atoms with van der Waals surface area (Å²) < 4.78 is 12.9. The topological polar surface area (TPSA) is 29.3 Å². The summed E-state index contributed by atoms with van der Waals surface area (Å²) in [6.45, 7) is 3.12. The van der Waals surface area contributed by atoms with Gasteiger partial charge in [-0.05, 0) is 43.6 Å². The Bertz CT molecular complexity index is 344. The number of hydrogen-bond donors (Lipinski definition) is 1. The molecule has 0 saturated carbocycles. The predicted octanol–water partition coefficient (Wildman–Crippen LogP) is 2.78. The minimum absolute atomic E-state index is 0.253. The first-order valence-corrected chi connectivity index (χ1v) is 6.02. The molecular formula is C13H19FN2. The second kappa shape index (κ2) is 5.30. The summed E-state index contributed by atoms with van der Waals surface area (Å²) in [6, 6.07) is 4.70. The van der Waals surface area contributed by atoms with Gasteiger partial charge in [0.2, 0.25) is 0 Å². The first-order valence-electron chi connectivity index (χ1n) is 6.02. The van der Waals surface area contributed by atoms with Gasteiger partial charge in [0.25, 0.3) is 0 Å². The summed E-state index contributed by atoms with van der Waals surface area (Å²) in [5, 5.41) is 0. The summed E-state index contributed by atoms with van der Waals surface area (Å²) in [5.41, 5.74) is 7.43. The molecule has 3 heteroatoms. The fraction of sp³-hybridized carbons (Fsp3) is 0.538. The Labute approximate surface area is 96.2 Å². The van der Waals surface area contributed by atoms with Gasteiger partial charge in [-0.2, -0.15) is 0 Å². The molecule has 0 atom stereocenters. The van der Waals surface area contributed by atoms with Gasteiger partial charge in [0.15, 0.2) is 0 Å². The van der Waals surface area contributed by atoms with E-state index in [1.165, 1.54) is 37.8 Å². The third-order valence-electron chi connectivity index (χ3n) is 3.20. The van der Waals surface area contributed by atoms with Crippen LogP contribution in [-0.4, -0.2) is 18.0 Å². The van der Waals surface area contributed by atoms with Crippen molar-refractivity contribution in [1.82, 2.24) is 4.90 Å². The summed E-state index contributed by atoms with van der Waals surface area (Å²) in [7, 11) is 0. The monoisotopic (exact) mass is 222 g/mol. The maximum absolute atomic E-state index is 12.9. The van der Waals surface area contributed by atoms with E-state index < -0.39 is 0 Å². The third-order valence-corrected chi connectivity index (χ3v) is 3.20. The third kappa shape index (κ3) is 2.95. The van der Waals surface area contributed by atoms with Crippen molar-refractivity contribution in [3.8, 4) is 0 Å². The number of anilines is 1. The van der Waals surface area contributed by atoms with Crippen LogP contribution in [0.1, 0.15) is 31.2 Å². The van der Waals surface area contributed by atoms with Gasteiger partial charge in [0, 0.05) is 12.2 Å². The van der Waals surface area contributed by atoms with Crippen LogP contribution in [-0.2, 0) is 6.54 Å². The molecule has 0 unspecified atom stereocenters. The van der Waals surface area contributed by atoms with Crippen LogP contribution in [0.4, 0.5) is 10.1 Å². The maximum Gasteiger partial charge on any atom is 0.125 e. The molecule has 0 amide bonds. The van der Waals surface area contributed by atoms with Crippen LogP contribution in [0, 0.1) is 5.82 Å². The van der Waals surface area contributed by atoms with Gasteiger partial charge in [-0.25, -0.2) is 4.39 Å². The number of likely N-dealkylation sites (tertiary alicyclic amines) is 1. The molecule has 1 aromatic rings. The Kier molecular flexibility index (Phi) is 3.78. The summed E-state index contributed by atoms with van der Waals surface area (Å²) in [4.78, 5) is 2.41. The number of hydrogen-bond acceptors (Lipinski definition) is 2. The number of benzene rings is 1. The molecule has 88 valence electrons. The molecule has 0 aliphatic carbocycles. The zero-order valence-electron chi connectivity index (χ0n) is 9.58. The highest BCUT2D eigenvalue weighted by molar-refractivity contribution is 5.46. The van der Waals surface area contributed by atoms with Crippen LogP contribution < -0.4 is 5.73 Å². The Morgan fingerprint density at radius 2 is 1.81 bits per heavy atom. The lowest BCUT2D eigenvalue weighted by atomic mass is 10.1. The van der Waals surface area contributed by atoms with Crippen LogP contribution in [0.3, 0.4) is 0 Å². The lowest BCUT2D eigenvalue weighted by Gasteiger charge is -2.20. The standard InChI is InChI=1S/C13H19FN2/c14-12-6-5-11(13(15)9-12)10-16-7-3-1-2-4-8-16/h5-6,9H,1-4,7-8,10,15H2. The van der Waals surface area contributed by atoms with Gasteiger partial charge >= 0.3 is 0 Å². The molecule has 2 rings (SSSR count). The van der Waals surface area contributed by atoms with Crippen LogP contribution in [0.5, 0.6) is 0 Å². The van der Waals surface area contributed by atoms with E-state index in [0.29, 0.717) is 5.69 Å². The average Bonchev–Trinajstić information content (AvgIpc) is 2.51. The SMILES string of the molecule is Nc1cc(F)ccc1CN1CCCCCC1. The highest BCUT2D eigenvalue weighted by Crippen LogP contribution is 2.18. The van der Waals surface area contributed by atoms with Gasteiger partial charge in [-0.15, -0.1) is 0 Å². The summed E-state index contributed by atoms with van der Waals surface area (Å²) in [6.07, 6.45) is 5.19. The van der Waals surface area contributed by atoms with E-state index in [4.69, 9.17) is 5.73 Å². The van der Waals surface area contributed by atoms with Gasteiger partial charge < -0.3 is 5.73 Å². The minimum atomic E-state index is -0.253. The average molecular weight is 222 g/mol.